The first kappa shape index (κ1) is 21.6. The van der Waals surface area contributed by atoms with Crippen LogP contribution in [0.5, 0.6) is 0 Å². The van der Waals surface area contributed by atoms with Crippen LogP contribution < -0.4 is 5.32 Å². The normalized spacial score (nSPS) is 18.5. The van der Waals surface area contributed by atoms with E-state index in [1.54, 1.807) is 18.4 Å². The fourth-order valence-electron chi connectivity index (χ4n) is 3.02. The molecule has 1 aromatic heterocycles. The summed E-state index contributed by atoms with van der Waals surface area (Å²) in [6, 6.07) is 0.566. The van der Waals surface area contributed by atoms with Crippen molar-refractivity contribution < 1.29 is 4.74 Å². The molecule has 0 aromatic carbocycles. The van der Waals surface area contributed by atoms with Crippen LogP contribution >= 0.6 is 35.3 Å². The number of aromatic nitrogens is 1. The third-order valence-electron chi connectivity index (χ3n) is 4.22. The molecule has 1 aliphatic rings. The number of methoxy groups -OCH3 is 1. The molecular formula is C16H30IN5OS. The smallest absolute Gasteiger partial charge is 0.193 e. The van der Waals surface area contributed by atoms with Gasteiger partial charge < -0.3 is 15.0 Å². The van der Waals surface area contributed by atoms with E-state index >= 15 is 0 Å². The van der Waals surface area contributed by atoms with Gasteiger partial charge in [-0.3, -0.25) is 9.89 Å². The molecule has 0 aliphatic carbocycles. The molecule has 1 fully saturated rings. The summed E-state index contributed by atoms with van der Waals surface area (Å²) in [6.07, 6.45) is 2.51. The summed E-state index contributed by atoms with van der Waals surface area (Å²) >= 11 is 1.69. The SMILES string of the molecule is CN=C(NCC1CCCN1CCOC)N(C)Cc1csc(C)n1.I. The minimum atomic E-state index is 0. The zero-order chi connectivity index (χ0) is 16.7. The van der Waals surface area contributed by atoms with Gasteiger partial charge in [0.25, 0.3) is 0 Å². The Hall–Kier alpha value is -0.450. The highest BCUT2D eigenvalue weighted by Gasteiger charge is 2.24. The predicted molar refractivity (Wildman–Crippen MR) is 112 cm³/mol. The van der Waals surface area contributed by atoms with E-state index in [0.29, 0.717) is 6.04 Å². The van der Waals surface area contributed by atoms with E-state index < -0.39 is 0 Å². The molecule has 24 heavy (non-hydrogen) atoms. The third kappa shape index (κ3) is 6.45. The van der Waals surface area contributed by atoms with E-state index in [2.05, 4.69) is 37.5 Å². The van der Waals surface area contributed by atoms with Crippen LogP contribution in [0.15, 0.2) is 10.4 Å². The number of nitrogens with zero attached hydrogens (tertiary/aromatic N) is 4. The molecule has 0 radical (unpaired) electrons. The van der Waals surface area contributed by atoms with Crippen molar-refractivity contribution in [2.24, 2.45) is 4.99 Å². The van der Waals surface area contributed by atoms with Gasteiger partial charge in [-0.1, -0.05) is 0 Å². The molecule has 138 valence electrons. The fourth-order valence-corrected chi connectivity index (χ4v) is 3.63. The zero-order valence-corrected chi connectivity index (χ0v) is 18.3. The zero-order valence-electron chi connectivity index (χ0n) is 15.1. The molecule has 0 saturated carbocycles. The maximum absolute atomic E-state index is 5.21. The first-order valence-corrected chi connectivity index (χ1v) is 9.07. The molecule has 0 amide bonds. The second kappa shape index (κ2) is 11.2. The molecule has 1 unspecified atom stereocenters. The van der Waals surface area contributed by atoms with E-state index in [0.717, 1.165) is 42.9 Å². The van der Waals surface area contributed by atoms with Gasteiger partial charge in [-0.2, -0.15) is 0 Å². The Morgan fingerprint density at radius 3 is 3.00 bits per heavy atom. The molecule has 1 saturated heterocycles. The molecule has 1 atom stereocenters. The number of nitrogens with one attached hydrogen (secondary N) is 1. The molecule has 0 spiro atoms. The largest absolute Gasteiger partial charge is 0.383 e. The molecule has 2 rings (SSSR count). The van der Waals surface area contributed by atoms with Crippen LogP contribution in [0.2, 0.25) is 0 Å². The summed E-state index contributed by atoms with van der Waals surface area (Å²) in [4.78, 5) is 13.6. The molecule has 6 nitrogen and oxygen atoms in total. The Morgan fingerprint density at radius 1 is 1.58 bits per heavy atom. The van der Waals surface area contributed by atoms with Crippen molar-refractivity contribution in [2.45, 2.75) is 32.4 Å². The highest BCUT2D eigenvalue weighted by molar-refractivity contribution is 14.0. The number of halogens is 1. The van der Waals surface area contributed by atoms with E-state index in [1.165, 1.54) is 19.4 Å². The number of aliphatic imine (C=N–C) groups is 1. The lowest BCUT2D eigenvalue weighted by Gasteiger charge is -2.27. The van der Waals surface area contributed by atoms with Gasteiger partial charge in [0.15, 0.2) is 5.96 Å². The maximum atomic E-state index is 5.21. The van der Waals surface area contributed by atoms with Gasteiger partial charge >= 0.3 is 0 Å². The predicted octanol–water partition coefficient (Wildman–Crippen LogP) is 2.19. The number of aryl methyl sites for hydroxylation is 1. The first-order valence-electron chi connectivity index (χ1n) is 8.19. The Labute approximate surface area is 166 Å². The van der Waals surface area contributed by atoms with Crippen molar-refractivity contribution >= 4 is 41.3 Å². The fraction of sp³-hybridized carbons (Fsp3) is 0.750. The van der Waals surface area contributed by atoms with Crippen molar-refractivity contribution in [1.82, 2.24) is 20.1 Å². The second-order valence-electron chi connectivity index (χ2n) is 5.97. The van der Waals surface area contributed by atoms with Crippen LogP contribution in [-0.4, -0.2) is 74.2 Å². The summed E-state index contributed by atoms with van der Waals surface area (Å²) in [5.41, 5.74) is 1.10. The van der Waals surface area contributed by atoms with Crippen LogP contribution in [-0.2, 0) is 11.3 Å². The number of hydrogen-bond acceptors (Lipinski definition) is 5. The number of hydrogen-bond donors (Lipinski definition) is 1. The number of rotatable bonds is 7. The quantitative estimate of drug-likeness (QED) is 0.379. The summed E-state index contributed by atoms with van der Waals surface area (Å²) in [5, 5.41) is 6.73. The van der Waals surface area contributed by atoms with Crippen molar-refractivity contribution in [3.8, 4) is 0 Å². The van der Waals surface area contributed by atoms with Gasteiger partial charge in [0.05, 0.1) is 23.9 Å². The minimum Gasteiger partial charge on any atom is -0.383 e. The number of ether oxygens (including phenoxy) is 1. The molecule has 0 bridgehead atoms. The Bertz CT molecular complexity index is 510. The van der Waals surface area contributed by atoms with Crippen LogP contribution in [0.3, 0.4) is 0 Å². The van der Waals surface area contributed by atoms with Gasteiger partial charge in [-0.25, -0.2) is 4.98 Å². The van der Waals surface area contributed by atoms with E-state index in [1.807, 2.05) is 14.0 Å². The number of thiazole rings is 1. The lowest BCUT2D eigenvalue weighted by Crippen LogP contribution is -2.45. The van der Waals surface area contributed by atoms with Gasteiger partial charge in [0.1, 0.15) is 0 Å². The number of guanidine groups is 1. The molecular weight excluding hydrogens is 437 g/mol. The lowest BCUT2D eigenvalue weighted by atomic mass is 10.2. The topological polar surface area (TPSA) is 53.0 Å². The Balaban J connectivity index is 0.00000288. The van der Waals surface area contributed by atoms with Crippen molar-refractivity contribution in [3.05, 3.63) is 16.1 Å². The monoisotopic (exact) mass is 467 g/mol. The van der Waals surface area contributed by atoms with Crippen LogP contribution in [0.25, 0.3) is 0 Å². The molecule has 8 heteroatoms. The van der Waals surface area contributed by atoms with Gasteiger partial charge in [0.2, 0.25) is 0 Å². The van der Waals surface area contributed by atoms with E-state index in [4.69, 9.17) is 4.74 Å². The maximum Gasteiger partial charge on any atom is 0.193 e. The molecule has 1 aliphatic heterocycles. The average molecular weight is 467 g/mol. The molecule has 2 heterocycles. The van der Waals surface area contributed by atoms with Crippen LogP contribution in [0, 0.1) is 6.92 Å². The summed E-state index contributed by atoms with van der Waals surface area (Å²) in [7, 11) is 5.66. The minimum absolute atomic E-state index is 0. The summed E-state index contributed by atoms with van der Waals surface area (Å²) in [6.45, 7) is 6.72. The summed E-state index contributed by atoms with van der Waals surface area (Å²) in [5.74, 6) is 0.925. The average Bonchev–Trinajstić information content (AvgIpc) is 3.14. The lowest BCUT2D eigenvalue weighted by molar-refractivity contribution is 0.141. The molecule has 1 N–H and O–H groups in total. The Kier molecular flexibility index (Phi) is 10.1. The third-order valence-corrected chi connectivity index (χ3v) is 5.04. The van der Waals surface area contributed by atoms with Gasteiger partial charge in [-0.15, -0.1) is 35.3 Å². The van der Waals surface area contributed by atoms with Crippen molar-refractivity contribution in [3.63, 3.8) is 0 Å². The van der Waals surface area contributed by atoms with Gasteiger partial charge in [0, 0.05) is 45.7 Å². The highest BCUT2D eigenvalue weighted by atomic mass is 127. The highest BCUT2D eigenvalue weighted by Crippen LogP contribution is 2.16. The number of likely N-dealkylation sites (tertiary alicyclic amines) is 1. The standard InChI is InChI=1S/C16H29N5OS.HI/c1-13-19-14(12-23-13)11-20(3)16(17-2)18-10-15-6-5-7-21(15)8-9-22-4;/h12,15H,5-11H2,1-4H3,(H,17,18);1H. The van der Waals surface area contributed by atoms with Crippen LogP contribution in [0.1, 0.15) is 23.5 Å². The van der Waals surface area contributed by atoms with Crippen molar-refractivity contribution in [1.29, 1.82) is 0 Å². The Morgan fingerprint density at radius 2 is 2.38 bits per heavy atom. The first-order chi connectivity index (χ1) is 11.1. The summed E-state index contributed by atoms with van der Waals surface area (Å²) < 4.78 is 5.21. The second-order valence-corrected chi connectivity index (χ2v) is 7.03. The van der Waals surface area contributed by atoms with Crippen molar-refractivity contribution in [2.75, 3.05) is 47.4 Å². The van der Waals surface area contributed by atoms with E-state index in [-0.39, 0.29) is 24.0 Å². The van der Waals surface area contributed by atoms with Crippen LogP contribution in [0.4, 0.5) is 0 Å². The molecule has 1 aromatic rings. The van der Waals surface area contributed by atoms with Gasteiger partial charge in [-0.05, 0) is 26.3 Å². The van der Waals surface area contributed by atoms with E-state index in [9.17, 15) is 0 Å².